The molecule has 0 saturated carbocycles. The van der Waals surface area contributed by atoms with Gasteiger partial charge in [-0.05, 0) is 17.7 Å². The molecule has 0 aliphatic rings. The van der Waals surface area contributed by atoms with Crippen molar-refractivity contribution in [1.82, 2.24) is 0 Å². The molecule has 0 saturated heterocycles. The number of carbonyl (C=O) groups is 1. The number of hydrogen-bond donors (Lipinski definition) is 0. The first kappa shape index (κ1) is 12.0. The SMILES string of the molecule is COCCOc1ccc(CC=O)cc1Cl. The van der Waals surface area contributed by atoms with Crippen molar-refractivity contribution in [3.63, 3.8) is 0 Å². The van der Waals surface area contributed by atoms with Gasteiger partial charge in [-0.2, -0.15) is 0 Å². The van der Waals surface area contributed by atoms with Gasteiger partial charge in [-0.1, -0.05) is 17.7 Å². The fraction of sp³-hybridized carbons (Fsp3) is 0.364. The van der Waals surface area contributed by atoms with Crippen molar-refractivity contribution in [2.75, 3.05) is 20.3 Å². The van der Waals surface area contributed by atoms with Crippen LogP contribution in [0.4, 0.5) is 0 Å². The van der Waals surface area contributed by atoms with E-state index in [2.05, 4.69) is 0 Å². The zero-order chi connectivity index (χ0) is 11.1. The highest BCUT2D eigenvalue weighted by atomic mass is 35.5. The highest BCUT2D eigenvalue weighted by Gasteiger charge is 2.02. The van der Waals surface area contributed by atoms with Crippen LogP contribution in [-0.2, 0) is 16.0 Å². The van der Waals surface area contributed by atoms with Crippen LogP contribution >= 0.6 is 11.6 Å². The molecule has 4 heteroatoms. The number of methoxy groups -OCH3 is 1. The third kappa shape index (κ3) is 3.90. The maximum atomic E-state index is 10.3. The molecule has 0 atom stereocenters. The Hall–Kier alpha value is -1.06. The quantitative estimate of drug-likeness (QED) is 0.553. The number of carbonyl (C=O) groups excluding carboxylic acids is 1. The number of ether oxygens (including phenoxy) is 2. The molecule has 1 rings (SSSR count). The molecule has 0 aromatic heterocycles. The molecule has 0 unspecified atom stereocenters. The summed E-state index contributed by atoms with van der Waals surface area (Å²) in [5.74, 6) is 0.614. The fourth-order valence-corrected chi connectivity index (χ4v) is 1.38. The predicted molar refractivity (Wildman–Crippen MR) is 58.6 cm³/mol. The van der Waals surface area contributed by atoms with Gasteiger partial charge >= 0.3 is 0 Å². The second kappa shape index (κ2) is 6.43. The lowest BCUT2D eigenvalue weighted by Crippen LogP contribution is -2.04. The molecule has 0 spiro atoms. The molecule has 1 aromatic rings. The van der Waals surface area contributed by atoms with Gasteiger partial charge in [-0.3, -0.25) is 0 Å². The van der Waals surface area contributed by atoms with Gasteiger partial charge in [0.1, 0.15) is 18.6 Å². The van der Waals surface area contributed by atoms with Crippen LogP contribution in [-0.4, -0.2) is 26.6 Å². The van der Waals surface area contributed by atoms with Crippen molar-refractivity contribution in [3.05, 3.63) is 28.8 Å². The summed E-state index contributed by atoms with van der Waals surface area (Å²) in [6, 6.07) is 5.32. The molecular formula is C11H13ClO3. The van der Waals surface area contributed by atoms with E-state index in [1.165, 1.54) is 0 Å². The van der Waals surface area contributed by atoms with Gasteiger partial charge in [0.05, 0.1) is 11.6 Å². The molecular weight excluding hydrogens is 216 g/mol. The molecule has 3 nitrogen and oxygen atoms in total. The highest BCUT2D eigenvalue weighted by Crippen LogP contribution is 2.25. The van der Waals surface area contributed by atoms with Gasteiger partial charge in [-0.15, -0.1) is 0 Å². The zero-order valence-electron chi connectivity index (χ0n) is 8.53. The van der Waals surface area contributed by atoms with Crippen LogP contribution in [0.2, 0.25) is 5.02 Å². The Kier molecular flexibility index (Phi) is 5.15. The smallest absolute Gasteiger partial charge is 0.138 e. The maximum Gasteiger partial charge on any atom is 0.138 e. The van der Waals surface area contributed by atoms with Crippen LogP contribution < -0.4 is 4.74 Å². The van der Waals surface area contributed by atoms with Gasteiger partial charge in [0, 0.05) is 13.5 Å². The Morgan fingerprint density at radius 1 is 1.40 bits per heavy atom. The summed E-state index contributed by atoms with van der Waals surface area (Å²) in [5.41, 5.74) is 0.883. The number of halogens is 1. The molecule has 0 radical (unpaired) electrons. The van der Waals surface area contributed by atoms with E-state index in [4.69, 9.17) is 21.1 Å². The second-order valence-electron chi connectivity index (χ2n) is 2.98. The van der Waals surface area contributed by atoms with Crippen LogP contribution in [0.15, 0.2) is 18.2 Å². The summed E-state index contributed by atoms with van der Waals surface area (Å²) >= 11 is 5.96. The molecule has 0 heterocycles. The lowest BCUT2D eigenvalue weighted by Gasteiger charge is -2.08. The third-order valence-electron chi connectivity index (χ3n) is 1.86. The Bertz CT molecular complexity index is 326. The summed E-state index contributed by atoms with van der Waals surface area (Å²) in [4.78, 5) is 10.3. The van der Waals surface area contributed by atoms with Crippen LogP contribution in [0, 0.1) is 0 Å². The van der Waals surface area contributed by atoms with Gasteiger partial charge in [-0.25, -0.2) is 0 Å². The topological polar surface area (TPSA) is 35.5 Å². The van der Waals surface area contributed by atoms with Crippen molar-refractivity contribution < 1.29 is 14.3 Å². The first-order valence-corrected chi connectivity index (χ1v) is 4.99. The zero-order valence-corrected chi connectivity index (χ0v) is 9.29. The summed E-state index contributed by atoms with van der Waals surface area (Å²) in [5, 5.41) is 0.519. The van der Waals surface area contributed by atoms with Crippen molar-refractivity contribution in [2.24, 2.45) is 0 Å². The largest absolute Gasteiger partial charge is 0.490 e. The molecule has 82 valence electrons. The number of benzene rings is 1. The second-order valence-corrected chi connectivity index (χ2v) is 3.38. The van der Waals surface area contributed by atoms with Gasteiger partial charge < -0.3 is 14.3 Å². The normalized spacial score (nSPS) is 10.0. The first-order chi connectivity index (χ1) is 7.27. The standard InChI is InChI=1S/C11H13ClO3/c1-14-6-7-15-11-3-2-9(4-5-13)8-10(11)12/h2-3,5,8H,4,6-7H2,1H3. The molecule has 0 fully saturated rings. The molecule has 15 heavy (non-hydrogen) atoms. The Balaban J connectivity index is 2.61. The van der Waals surface area contributed by atoms with Crippen LogP contribution in [0.3, 0.4) is 0 Å². The fourth-order valence-electron chi connectivity index (χ4n) is 1.12. The lowest BCUT2D eigenvalue weighted by atomic mass is 10.2. The summed E-state index contributed by atoms with van der Waals surface area (Å²) in [6.07, 6.45) is 1.22. The van der Waals surface area contributed by atoms with E-state index in [-0.39, 0.29) is 0 Å². The maximum absolute atomic E-state index is 10.3. The molecule has 0 bridgehead atoms. The molecule has 0 aliphatic heterocycles. The van der Waals surface area contributed by atoms with Gasteiger partial charge in [0.2, 0.25) is 0 Å². The number of rotatable bonds is 6. The highest BCUT2D eigenvalue weighted by molar-refractivity contribution is 6.32. The van der Waals surface area contributed by atoms with E-state index < -0.39 is 0 Å². The van der Waals surface area contributed by atoms with Gasteiger partial charge in [0.15, 0.2) is 0 Å². The van der Waals surface area contributed by atoms with Crippen LogP contribution in [0.1, 0.15) is 5.56 Å². The monoisotopic (exact) mass is 228 g/mol. The van der Waals surface area contributed by atoms with Crippen molar-refractivity contribution in [3.8, 4) is 5.75 Å². The van der Waals surface area contributed by atoms with Gasteiger partial charge in [0.25, 0.3) is 0 Å². The average Bonchev–Trinajstić information content (AvgIpc) is 2.22. The Labute approximate surface area is 93.9 Å². The number of aldehydes is 1. The van der Waals surface area contributed by atoms with Crippen molar-refractivity contribution in [2.45, 2.75) is 6.42 Å². The minimum atomic E-state index is 0.373. The van der Waals surface area contributed by atoms with E-state index in [1.807, 2.05) is 6.07 Å². The summed E-state index contributed by atoms with van der Waals surface area (Å²) < 4.78 is 10.2. The molecule has 0 aliphatic carbocycles. The molecule has 0 amide bonds. The summed E-state index contributed by atoms with van der Waals surface area (Å²) in [7, 11) is 1.61. The van der Waals surface area contributed by atoms with E-state index in [0.717, 1.165) is 11.8 Å². The van der Waals surface area contributed by atoms with Crippen molar-refractivity contribution >= 4 is 17.9 Å². The lowest BCUT2D eigenvalue weighted by molar-refractivity contribution is -0.107. The minimum absolute atomic E-state index is 0.373. The molecule has 1 aromatic carbocycles. The van der Waals surface area contributed by atoms with Crippen LogP contribution in [0.5, 0.6) is 5.75 Å². The average molecular weight is 229 g/mol. The van der Waals surface area contributed by atoms with Crippen molar-refractivity contribution in [1.29, 1.82) is 0 Å². The van der Waals surface area contributed by atoms with E-state index in [9.17, 15) is 4.79 Å². The third-order valence-corrected chi connectivity index (χ3v) is 2.16. The van der Waals surface area contributed by atoms with E-state index in [0.29, 0.717) is 30.4 Å². The minimum Gasteiger partial charge on any atom is -0.490 e. The summed E-state index contributed by atoms with van der Waals surface area (Å²) in [6.45, 7) is 0.982. The Morgan fingerprint density at radius 2 is 2.20 bits per heavy atom. The molecule has 0 N–H and O–H groups in total. The predicted octanol–water partition coefficient (Wildman–Crippen LogP) is 2.11. The van der Waals surface area contributed by atoms with Crippen LogP contribution in [0.25, 0.3) is 0 Å². The number of hydrogen-bond acceptors (Lipinski definition) is 3. The van der Waals surface area contributed by atoms with E-state index >= 15 is 0 Å². The first-order valence-electron chi connectivity index (χ1n) is 4.61. The van der Waals surface area contributed by atoms with E-state index in [1.54, 1.807) is 19.2 Å². The Morgan fingerprint density at radius 3 is 2.80 bits per heavy atom.